The third-order valence-electron chi connectivity index (χ3n) is 7.34. The SMILES string of the molecule is CCC(C)N1CCN(c2nc(N3C4CCC3CC4)nc3c2S(=O)(=O)CC3)CC1. The molecule has 3 fully saturated rings. The average Bonchev–Trinajstić information content (AvgIpc) is 3.39. The Balaban J connectivity index is 1.50. The summed E-state index contributed by atoms with van der Waals surface area (Å²) in [6, 6.07) is 1.64. The van der Waals surface area contributed by atoms with Crippen molar-refractivity contribution in [2.24, 2.45) is 0 Å². The van der Waals surface area contributed by atoms with Gasteiger partial charge in [0.05, 0.1) is 11.4 Å². The molecule has 4 aliphatic heterocycles. The van der Waals surface area contributed by atoms with Crippen LogP contribution in [0.2, 0.25) is 0 Å². The molecule has 0 N–H and O–H groups in total. The molecule has 5 heterocycles. The van der Waals surface area contributed by atoms with Crippen molar-refractivity contribution in [2.45, 2.75) is 75.4 Å². The van der Waals surface area contributed by atoms with E-state index in [9.17, 15) is 8.42 Å². The molecule has 1 atom stereocenters. The molecule has 28 heavy (non-hydrogen) atoms. The molecular weight excluding hydrogens is 374 g/mol. The van der Waals surface area contributed by atoms with E-state index in [1.54, 1.807) is 0 Å². The summed E-state index contributed by atoms with van der Waals surface area (Å²) in [4.78, 5) is 17.2. The van der Waals surface area contributed by atoms with Crippen LogP contribution in [0.5, 0.6) is 0 Å². The highest BCUT2D eigenvalue weighted by Gasteiger charge is 2.43. The fourth-order valence-electron chi connectivity index (χ4n) is 5.49. The van der Waals surface area contributed by atoms with Gasteiger partial charge in [0.1, 0.15) is 4.90 Å². The van der Waals surface area contributed by atoms with Crippen LogP contribution in [-0.2, 0) is 16.3 Å². The van der Waals surface area contributed by atoms with Crippen LogP contribution >= 0.6 is 0 Å². The average molecular weight is 406 g/mol. The second-order valence-electron chi connectivity index (χ2n) is 8.84. The van der Waals surface area contributed by atoms with E-state index in [4.69, 9.17) is 9.97 Å². The van der Waals surface area contributed by atoms with Gasteiger partial charge in [0, 0.05) is 50.7 Å². The molecule has 0 saturated carbocycles. The van der Waals surface area contributed by atoms with Gasteiger partial charge in [0.25, 0.3) is 0 Å². The number of hydrogen-bond donors (Lipinski definition) is 0. The molecular formula is C20H31N5O2S. The van der Waals surface area contributed by atoms with E-state index in [0.717, 1.165) is 44.2 Å². The summed E-state index contributed by atoms with van der Waals surface area (Å²) < 4.78 is 25.6. The van der Waals surface area contributed by atoms with Crippen LogP contribution in [0.3, 0.4) is 0 Å². The van der Waals surface area contributed by atoms with Crippen LogP contribution < -0.4 is 9.80 Å². The summed E-state index contributed by atoms with van der Waals surface area (Å²) in [5.41, 5.74) is 0.746. The van der Waals surface area contributed by atoms with Gasteiger partial charge >= 0.3 is 0 Å². The Morgan fingerprint density at radius 2 is 1.68 bits per heavy atom. The molecule has 4 aliphatic rings. The topological polar surface area (TPSA) is 69.6 Å². The summed E-state index contributed by atoms with van der Waals surface area (Å²) in [5, 5.41) is 0. The third-order valence-corrected chi connectivity index (χ3v) is 9.12. The first-order valence-corrected chi connectivity index (χ1v) is 12.5. The van der Waals surface area contributed by atoms with Gasteiger partial charge in [-0.05, 0) is 39.0 Å². The van der Waals surface area contributed by atoms with Crippen molar-refractivity contribution in [3.05, 3.63) is 5.69 Å². The van der Waals surface area contributed by atoms with Crippen molar-refractivity contribution in [1.29, 1.82) is 0 Å². The fraction of sp³-hybridized carbons (Fsp3) is 0.800. The quantitative estimate of drug-likeness (QED) is 0.757. The maximum atomic E-state index is 12.8. The lowest BCUT2D eigenvalue weighted by Crippen LogP contribution is -2.50. The minimum absolute atomic E-state index is 0.174. The molecule has 154 valence electrons. The van der Waals surface area contributed by atoms with Crippen molar-refractivity contribution in [2.75, 3.05) is 41.7 Å². The molecule has 2 bridgehead atoms. The zero-order valence-corrected chi connectivity index (χ0v) is 17.8. The van der Waals surface area contributed by atoms with E-state index in [1.165, 1.54) is 25.7 Å². The second-order valence-corrected chi connectivity index (χ2v) is 10.9. The molecule has 0 radical (unpaired) electrons. The number of anilines is 2. The molecule has 1 aromatic rings. The van der Waals surface area contributed by atoms with Crippen LogP contribution in [0.25, 0.3) is 0 Å². The minimum Gasteiger partial charge on any atom is -0.353 e. The summed E-state index contributed by atoms with van der Waals surface area (Å²) in [6.07, 6.45) is 6.52. The number of fused-ring (bicyclic) bond motifs is 3. The number of sulfone groups is 1. The molecule has 1 aromatic heterocycles. The maximum absolute atomic E-state index is 12.8. The lowest BCUT2D eigenvalue weighted by molar-refractivity contribution is 0.192. The minimum atomic E-state index is -3.27. The maximum Gasteiger partial charge on any atom is 0.228 e. The van der Waals surface area contributed by atoms with E-state index in [-0.39, 0.29) is 5.75 Å². The van der Waals surface area contributed by atoms with E-state index in [0.29, 0.717) is 35.3 Å². The molecule has 5 rings (SSSR count). The highest BCUT2D eigenvalue weighted by Crippen LogP contribution is 2.42. The largest absolute Gasteiger partial charge is 0.353 e. The van der Waals surface area contributed by atoms with Crippen LogP contribution in [0.1, 0.15) is 51.6 Å². The van der Waals surface area contributed by atoms with Gasteiger partial charge < -0.3 is 9.80 Å². The summed E-state index contributed by atoms with van der Waals surface area (Å²) in [7, 11) is -3.27. The normalized spacial score (nSPS) is 30.1. The van der Waals surface area contributed by atoms with Gasteiger partial charge in [-0.25, -0.2) is 13.4 Å². The van der Waals surface area contributed by atoms with Crippen molar-refractivity contribution >= 4 is 21.6 Å². The summed E-state index contributed by atoms with van der Waals surface area (Å²) >= 11 is 0. The third kappa shape index (κ3) is 2.91. The Morgan fingerprint density at radius 3 is 2.29 bits per heavy atom. The first kappa shape index (κ1) is 18.6. The number of hydrogen-bond acceptors (Lipinski definition) is 7. The van der Waals surface area contributed by atoms with Crippen LogP contribution in [0, 0.1) is 0 Å². The molecule has 0 spiro atoms. The molecule has 0 aromatic carbocycles. The van der Waals surface area contributed by atoms with Gasteiger partial charge in [0.15, 0.2) is 15.7 Å². The van der Waals surface area contributed by atoms with Gasteiger partial charge in [-0.1, -0.05) is 6.92 Å². The van der Waals surface area contributed by atoms with Crippen molar-refractivity contribution < 1.29 is 8.42 Å². The molecule has 3 saturated heterocycles. The van der Waals surface area contributed by atoms with Crippen molar-refractivity contribution in [3.63, 3.8) is 0 Å². The first-order valence-electron chi connectivity index (χ1n) is 10.9. The number of rotatable bonds is 4. The zero-order chi connectivity index (χ0) is 19.5. The second kappa shape index (κ2) is 6.83. The van der Waals surface area contributed by atoms with Gasteiger partial charge in [-0.15, -0.1) is 0 Å². The zero-order valence-electron chi connectivity index (χ0n) is 17.0. The highest BCUT2D eigenvalue weighted by atomic mass is 32.2. The Bertz CT molecular complexity index is 846. The Hall–Kier alpha value is -1.41. The fourth-order valence-corrected chi connectivity index (χ4v) is 7.12. The van der Waals surface area contributed by atoms with E-state index < -0.39 is 9.84 Å². The first-order chi connectivity index (χ1) is 13.5. The predicted molar refractivity (Wildman–Crippen MR) is 110 cm³/mol. The number of piperazine rings is 1. The monoisotopic (exact) mass is 405 g/mol. The number of aryl methyl sites for hydroxylation is 1. The number of nitrogens with zero attached hydrogens (tertiary/aromatic N) is 5. The van der Waals surface area contributed by atoms with Crippen LogP contribution in [0.15, 0.2) is 4.90 Å². The van der Waals surface area contributed by atoms with Crippen LogP contribution in [-0.4, -0.2) is 73.3 Å². The predicted octanol–water partition coefficient (Wildman–Crippen LogP) is 1.86. The standard InChI is InChI=1S/C20H31N5O2S/c1-3-14(2)23-9-11-24(12-10-23)19-18-17(8-13-28(18,26)27)21-20(22-19)25-15-4-5-16(25)7-6-15/h14-16H,3-13H2,1-2H3. The van der Waals surface area contributed by atoms with Crippen LogP contribution in [0.4, 0.5) is 11.8 Å². The van der Waals surface area contributed by atoms with Gasteiger partial charge in [-0.2, -0.15) is 4.98 Å². The van der Waals surface area contributed by atoms with E-state index in [1.807, 2.05) is 0 Å². The number of aromatic nitrogens is 2. The van der Waals surface area contributed by atoms with E-state index >= 15 is 0 Å². The molecule has 7 nitrogen and oxygen atoms in total. The van der Waals surface area contributed by atoms with E-state index in [2.05, 4.69) is 28.5 Å². The van der Waals surface area contributed by atoms with Gasteiger partial charge in [0.2, 0.25) is 5.95 Å². The Morgan fingerprint density at radius 1 is 1.04 bits per heavy atom. The summed E-state index contributed by atoms with van der Waals surface area (Å²) in [5.74, 6) is 1.63. The Kier molecular flexibility index (Phi) is 4.54. The lowest BCUT2D eigenvalue weighted by atomic mass is 10.0. The molecule has 0 amide bonds. The highest BCUT2D eigenvalue weighted by molar-refractivity contribution is 7.91. The Labute approximate surface area is 168 Å². The van der Waals surface area contributed by atoms with Crippen molar-refractivity contribution in [3.8, 4) is 0 Å². The molecule has 1 unspecified atom stereocenters. The van der Waals surface area contributed by atoms with Gasteiger partial charge in [-0.3, -0.25) is 4.90 Å². The molecule has 0 aliphatic carbocycles. The smallest absolute Gasteiger partial charge is 0.228 e. The summed E-state index contributed by atoms with van der Waals surface area (Å²) in [6.45, 7) is 8.06. The lowest BCUT2D eigenvalue weighted by Gasteiger charge is -2.39. The molecule has 8 heteroatoms. The van der Waals surface area contributed by atoms with Crippen molar-refractivity contribution in [1.82, 2.24) is 14.9 Å².